The van der Waals surface area contributed by atoms with E-state index < -0.39 is 0 Å². The molecule has 37 heavy (non-hydrogen) atoms. The zero-order valence-electron chi connectivity index (χ0n) is 21.0. The molecule has 0 radical (unpaired) electrons. The number of nitrogens with zero attached hydrogens (tertiary/aromatic N) is 3. The maximum absolute atomic E-state index is 13.5. The van der Waals surface area contributed by atoms with Crippen molar-refractivity contribution in [2.75, 3.05) is 38.2 Å². The third-order valence-electron chi connectivity index (χ3n) is 7.45. The fourth-order valence-corrected chi connectivity index (χ4v) is 5.52. The Hall–Kier alpha value is -3.91. The second-order valence-electron chi connectivity index (χ2n) is 9.75. The Kier molecular flexibility index (Phi) is 7.37. The molecule has 1 N–H and O–H groups in total. The Balaban J connectivity index is 1.32. The van der Waals surface area contributed by atoms with Gasteiger partial charge in [0.2, 0.25) is 5.91 Å². The van der Waals surface area contributed by atoms with Crippen molar-refractivity contribution in [1.82, 2.24) is 10.2 Å². The highest BCUT2D eigenvalue weighted by molar-refractivity contribution is 5.82. The lowest BCUT2D eigenvalue weighted by Crippen LogP contribution is -2.61. The summed E-state index contributed by atoms with van der Waals surface area (Å²) in [5.41, 5.74) is 4.33. The molecule has 1 fully saturated rings. The van der Waals surface area contributed by atoms with Crippen molar-refractivity contribution in [3.63, 3.8) is 0 Å². The van der Waals surface area contributed by atoms with Crippen molar-refractivity contribution in [3.8, 4) is 5.75 Å². The molecule has 0 spiro atoms. The molecule has 3 aromatic rings. The highest BCUT2D eigenvalue weighted by Gasteiger charge is 2.41. The SMILES string of the molecule is COc1ccc(CCNC(=O)[C@H]2Cc3cc([N+](=O)[O-])ccc3N3CCN(Cc4ccccc4)C[C@@H]23)cc1. The third-order valence-corrected chi connectivity index (χ3v) is 7.45. The molecule has 0 aliphatic carbocycles. The summed E-state index contributed by atoms with van der Waals surface area (Å²) in [6.07, 6.45) is 1.21. The summed E-state index contributed by atoms with van der Waals surface area (Å²) in [6, 6.07) is 23.3. The fraction of sp³-hybridized carbons (Fsp3) is 0.345. The van der Waals surface area contributed by atoms with E-state index in [1.165, 1.54) is 5.56 Å². The van der Waals surface area contributed by atoms with Crippen LogP contribution >= 0.6 is 0 Å². The van der Waals surface area contributed by atoms with Crippen molar-refractivity contribution < 1.29 is 14.5 Å². The van der Waals surface area contributed by atoms with E-state index in [0.29, 0.717) is 13.0 Å². The van der Waals surface area contributed by atoms with Crippen LogP contribution in [-0.2, 0) is 24.2 Å². The van der Waals surface area contributed by atoms with Gasteiger partial charge < -0.3 is 15.0 Å². The van der Waals surface area contributed by atoms with E-state index in [4.69, 9.17) is 4.74 Å². The number of nitro benzene ring substituents is 1. The van der Waals surface area contributed by atoms with Crippen LogP contribution in [0.3, 0.4) is 0 Å². The second kappa shape index (κ2) is 11.0. The summed E-state index contributed by atoms with van der Waals surface area (Å²) in [4.78, 5) is 29.3. The zero-order chi connectivity index (χ0) is 25.8. The van der Waals surface area contributed by atoms with Gasteiger partial charge in [0, 0.05) is 50.5 Å². The van der Waals surface area contributed by atoms with Crippen LogP contribution < -0.4 is 15.0 Å². The monoisotopic (exact) mass is 500 g/mol. The summed E-state index contributed by atoms with van der Waals surface area (Å²) in [5.74, 6) is 0.520. The lowest BCUT2D eigenvalue weighted by atomic mass is 9.83. The smallest absolute Gasteiger partial charge is 0.269 e. The van der Waals surface area contributed by atoms with E-state index >= 15 is 0 Å². The number of amides is 1. The number of carbonyl (C=O) groups is 1. The van der Waals surface area contributed by atoms with Gasteiger partial charge in [0.15, 0.2) is 0 Å². The molecule has 1 saturated heterocycles. The van der Waals surface area contributed by atoms with E-state index in [1.54, 1.807) is 19.2 Å². The Morgan fingerprint density at radius 3 is 2.57 bits per heavy atom. The van der Waals surface area contributed by atoms with Gasteiger partial charge in [0.25, 0.3) is 5.69 Å². The average molecular weight is 501 g/mol. The van der Waals surface area contributed by atoms with Crippen LogP contribution in [-0.4, -0.2) is 55.1 Å². The van der Waals surface area contributed by atoms with E-state index in [9.17, 15) is 14.9 Å². The van der Waals surface area contributed by atoms with Gasteiger partial charge in [-0.3, -0.25) is 19.8 Å². The normalized spacial score (nSPS) is 19.0. The average Bonchev–Trinajstić information content (AvgIpc) is 2.93. The first-order valence-corrected chi connectivity index (χ1v) is 12.7. The number of rotatable bonds is 8. The number of carbonyl (C=O) groups excluding carboxylic acids is 1. The van der Waals surface area contributed by atoms with E-state index in [0.717, 1.165) is 55.2 Å². The van der Waals surface area contributed by atoms with Crippen LogP contribution in [0.5, 0.6) is 5.75 Å². The summed E-state index contributed by atoms with van der Waals surface area (Å²) < 4.78 is 5.22. The van der Waals surface area contributed by atoms with Crippen LogP contribution in [0.15, 0.2) is 72.8 Å². The largest absolute Gasteiger partial charge is 0.497 e. The predicted molar refractivity (Wildman–Crippen MR) is 143 cm³/mol. The lowest BCUT2D eigenvalue weighted by Gasteiger charge is -2.49. The highest BCUT2D eigenvalue weighted by Crippen LogP contribution is 2.38. The molecule has 0 aromatic heterocycles. The Morgan fingerprint density at radius 1 is 1.05 bits per heavy atom. The molecule has 2 heterocycles. The number of anilines is 1. The minimum Gasteiger partial charge on any atom is -0.497 e. The number of methoxy groups -OCH3 is 1. The van der Waals surface area contributed by atoms with E-state index in [-0.39, 0.29) is 28.5 Å². The van der Waals surface area contributed by atoms with Gasteiger partial charge in [-0.05, 0) is 47.7 Å². The van der Waals surface area contributed by atoms with Gasteiger partial charge >= 0.3 is 0 Å². The first-order chi connectivity index (χ1) is 18.0. The number of fused-ring (bicyclic) bond motifs is 3. The number of ether oxygens (including phenoxy) is 1. The van der Waals surface area contributed by atoms with Crippen molar-refractivity contribution >= 4 is 17.3 Å². The molecule has 2 aliphatic heterocycles. The number of non-ortho nitro benzene ring substituents is 1. The topological polar surface area (TPSA) is 87.9 Å². The molecular formula is C29H32N4O4. The van der Waals surface area contributed by atoms with Crippen molar-refractivity contribution in [2.45, 2.75) is 25.4 Å². The number of nitrogens with one attached hydrogen (secondary N) is 1. The summed E-state index contributed by atoms with van der Waals surface area (Å²) in [6.45, 7) is 3.78. The van der Waals surface area contributed by atoms with Gasteiger partial charge in [-0.1, -0.05) is 42.5 Å². The molecule has 3 aromatic carbocycles. The van der Waals surface area contributed by atoms with Gasteiger partial charge in [0.05, 0.1) is 24.0 Å². The van der Waals surface area contributed by atoms with Gasteiger partial charge in [-0.15, -0.1) is 0 Å². The number of hydrogen-bond acceptors (Lipinski definition) is 6. The van der Waals surface area contributed by atoms with E-state index in [2.05, 4.69) is 39.4 Å². The summed E-state index contributed by atoms with van der Waals surface area (Å²) >= 11 is 0. The van der Waals surface area contributed by atoms with E-state index in [1.807, 2.05) is 36.4 Å². The van der Waals surface area contributed by atoms with Crippen LogP contribution in [0.25, 0.3) is 0 Å². The quantitative estimate of drug-likeness (QED) is 0.374. The molecule has 2 aliphatic rings. The molecule has 0 unspecified atom stereocenters. The first-order valence-electron chi connectivity index (χ1n) is 12.7. The molecule has 2 atom stereocenters. The van der Waals surface area contributed by atoms with Gasteiger partial charge in [-0.2, -0.15) is 0 Å². The first kappa shape index (κ1) is 24.8. The van der Waals surface area contributed by atoms with Crippen molar-refractivity contribution in [3.05, 3.63) is 99.6 Å². The van der Waals surface area contributed by atoms with Crippen molar-refractivity contribution in [1.29, 1.82) is 0 Å². The molecule has 8 nitrogen and oxygen atoms in total. The minimum atomic E-state index is -0.367. The van der Waals surface area contributed by atoms with Crippen molar-refractivity contribution in [2.24, 2.45) is 5.92 Å². The van der Waals surface area contributed by atoms with Crippen LogP contribution in [0, 0.1) is 16.0 Å². The Morgan fingerprint density at radius 2 is 1.84 bits per heavy atom. The Labute approximate surface area is 217 Å². The maximum Gasteiger partial charge on any atom is 0.269 e. The molecule has 0 bridgehead atoms. The summed E-state index contributed by atoms with van der Waals surface area (Å²) in [7, 11) is 1.64. The standard InChI is InChI=1S/C29H32N4O4/c1-37-25-10-7-21(8-11-25)13-14-30-29(34)26-18-23-17-24(33(35)36)9-12-27(23)32-16-15-31(20-28(26)32)19-22-5-3-2-4-6-22/h2-12,17,26,28H,13-16,18-20H2,1H3,(H,30,34)/t26-,28-/m0/s1. The predicted octanol–water partition coefficient (Wildman–Crippen LogP) is 3.83. The number of benzene rings is 3. The maximum atomic E-state index is 13.5. The molecule has 1 amide bonds. The van der Waals surface area contributed by atoms with Gasteiger partial charge in [0.1, 0.15) is 5.75 Å². The lowest BCUT2D eigenvalue weighted by molar-refractivity contribution is -0.384. The second-order valence-corrected chi connectivity index (χ2v) is 9.75. The highest BCUT2D eigenvalue weighted by atomic mass is 16.6. The Bertz CT molecular complexity index is 1250. The number of piperazine rings is 1. The molecular weight excluding hydrogens is 468 g/mol. The molecule has 8 heteroatoms. The zero-order valence-corrected chi connectivity index (χ0v) is 21.0. The molecule has 192 valence electrons. The third kappa shape index (κ3) is 5.59. The molecule has 0 saturated carbocycles. The van der Waals surface area contributed by atoms with Crippen LogP contribution in [0.1, 0.15) is 16.7 Å². The number of nitro groups is 1. The van der Waals surface area contributed by atoms with Crippen LogP contribution in [0.4, 0.5) is 11.4 Å². The van der Waals surface area contributed by atoms with Crippen LogP contribution in [0.2, 0.25) is 0 Å². The van der Waals surface area contributed by atoms with Gasteiger partial charge in [-0.25, -0.2) is 0 Å². The summed E-state index contributed by atoms with van der Waals surface area (Å²) in [5, 5.41) is 14.6. The molecule has 5 rings (SSSR count). The minimum absolute atomic E-state index is 0.00206. The number of hydrogen-bond donors (Lipinski definition) is 1. The fourth-order valence-electron chi connectivity index (χ4n) is 5.52.